The van der Waals surface area contributed by atoms with Crippen LogP contribution in [0.5, 0.6) is 0 Å². The molecule has 2 N–H and O–H groups in total. The van der Waals surface area contributed by atoms with Crippen LogP contribution in [0.25, 0.3) is 10.6 Å². The van der Waals surface area contributed by atoms with Crippen LogP contribution >= 0.6 is 27.3 Å². The van der Waals surface area contributed by atoms with Crippen molar-refractivity contribution in [2.75, 3.05) is 6.54 Å². The topological polar surface area (TPSA) is 94.9 Å². The van der Waals surface area contributed by atoms with Crippen molar-refractivity contribution in [1.82, 2.24) is 10.2 Å². The average Bonchev–Trinajstić information content (AvgIpc) is 2.77. The Morgan fingerprint density at radius 1 is 1.39 bits per heavy atom. The Bertz CT molecular complexity index is 587. The fourth-order valence-electron chi connectivity index (χ4n) is 1.40. The van der Waals surface area contributed by atoms with Gasteiger partial charge in [0.25, 0.3) is 5.69 Å². The van der Waals surface area contributed by atoms with E-state index in [0.717, 1.165) is 5.01 Å². The first-order chi connectivity index (χ1) is 8.60. The van der Waals surface area contributed by atoms with Gasteiger partial charge in [0.15, 0.2) is 0 Å². The van der Waals surface area contributed by atoms with E-state index in [4.69, 9.17) is 5.73 Å². The van der Waals surface area contributed by atoms with E-state index >= 15 is 0 Å². The summed E-state index contributed by atoms with van der Waals surface area (Å²) in [5.74, 6) is 0. The number of hydrogen-bond acceptors (Lipinski definition) is 6. The maximum absolute atomic E-state index is 10.8. The van der Waals surface area contributed by atoms with Crippen molar-refractivity contribution in [3.8, 4) is 10.6 Å². The Morgan fingerprint density at radius 2 is 2.17 bits per heavy atom. The molecule has 0 spiro atoms. The number of nitrogens with two attached hydrogens (primary N) is 1. The number of hydrogen-bond donors (Lipinski definition) is 1. The predicted octanol–water partition coefficient (Wildman–Crippen LogP) is 2.38. The molecular weight excluding hydrogens is 320 g/mol. The lowest BCUT2D eigenvalue weighted by Gasteiger charge is -1.97. The zero-order valence-corrected chi connectivity index (χ0v) is 11.6. The molecule has 0 fully saturated rings. The minimum atomic E-state index is -0.434. The average molecular weight is 329 g/mol. The van der Waals surface area contributed by atoms with Crippen molar-refractivity contribution in [3.63, 3.8) is 0 Å². The highest BCUT2D eigenvalue weighted by Crippen LogP contribution is 2.30. The van der Waals surface area contributed by atoms with Crippen molar-refractivity contribution in [3.05, 3.63) is 37.8 Å². The molecule has 0 aliphatic carbocycles. The molecule has 2 rings (SSSR count). The second kappa shape index (κ2) is 5.51. The van der Waals surface area contributed by atoms with Gasteiger partial charge >= 0.3 is 0 Å². The van der Waals surface area contributed by atoms with E-state index in [1.54, 1.807) is 6.07 Å². The van der Waals surface area contributed by atoms with E-state index < -0.39 is 4.92 Å². The number of aromatic nitrogens is 2. The molecule has 2 aromatic rings. The van der Waals surface area contributed by atoms with Crippen LogP contribution in [0.4, 0.5) is 5.69 Å². The fraction of sp³-hybridized carbons (Fsp3) is 0.200. The van der Waals surface area contributed by atoms with Gasteiger partial charge in [-0.3, -0.25) is 10.1 Å². The van der Waals surface area contributed by atoms with Gasteiger partial charge in [0, 0.05) is 28.6 Å². The molecule has 6 nitrogen and oxygen atoms in total. The minimum Gasteiger partial charge on any atom is -0.330 e. The number of halogens is 1. The van der Waals surface area contributed by atoms with Crippen molar-refractivity contribution < 1.29 is 4.92 Å². The van der Waals surface area contributed by atoms with Gasteiger partial charge in [-0.15, -0.1) is 10.2 Å². The third-order valence-corrected chi connectivity index (χ3v) is 3.66. The molecular formula is C10H9BrN4O2S. The second-order valence-corrected chi connectivity index (χ2v) is 5.47. The molecule has 0 amide bonds. The van der Waals surface area contributed by atoms with E-state index in [9.17, 15) is 10.1 Å². The Morgan fingerprint density at radius 3 is 2.83 bits per heavy atom. The normalized spacial score (nSPS) is 10.6. The maximum Gasteiger partial charge on any atom is 0.271 e. The molecule has 0 radical (unpaired) electrons. The number of rotatable bonds is 4. The summed E-state index contributed by atoms with van der Waals surface area (Å²) < 4.78 is 0.641. The molecule has 0 saturated carbocycles. The van der Waals surface area contributed by atoms with E-state index in [2.05, 4.69) is 26.1 Å². The molecule has 94 valence electrons. The molecule has 0 bridgehead atoms. The summed E-state index contributed by atoms with van der Waals surface area (Å²) in [7, 11) is 0. The lowest BCUT2D eigenvalue weighted by Crippen LogP contribution is -2.01. The standard InChI is InChI=1S/C10H9BrN4O2S/c11-7-3-6(4-8(5-7)15(16)17)10-14-13-9(18-10)1-2-12/h3-5H,1-2,12H2. The first-order valence-corrected chi connectivity index (χ1v) is 6.69. The van der Waals surface area contributed by atoms with Crippen molar-refractivity contribution in [2.24, 2.45) is 5.73 Å². The smallest absolute Gasteiger partial charge is 0.271 e. The third-order valence-electron chi connectivity index (χ3n) is 2.17. The Kier molecular flexibility index (Phi) is 4.00. The van der Waals surface area contributed by atoms with E-state index in [0.29, 0.717) is 28.0 Å². The van der Waals surface area contributed by atoms with Crippen LogP contribution in [0.1, 0.15) is 5.01 Å². The van der Waals surface area contributed by atoms with Gasteiger partial charge in [-0.25, -0.2) is 0 Å². The van der Waals surface area contributed by atoms with Gasteiger partial charge in [0.2, 0.25) is 0 Å². The van der Waals surface area contributed by atoms with Crippen LogP contribution in [0.3, 0.4) is 0 Å². The Hall–Kier alpha value is -1.38. The van der Waals surface area contributed by atoms with Crippen LogP contribution in [-0.2, 0) is 6.42 Å². The molecule has 0 unspecified atom stereocenters. The van der Waals surface area contributed by atoms with Crippen LogP contribution < -0.4 is 5.73 Å². The molecule has 8 heteroatoms. The first-order valence-electron chi connectivity index (χ1n) is 5.08. The molecule has 0 atom stereocenters. The van der Waals surface area contributed by atoms with E-state index in [1.165, 1.54) is 23.5 Å². The van der Waals surface area contributed by atoms with Gasteiger partial charge < -0.3 is 5.73 Å². The zero-order valence-electron chi connectivity index (χ0n) is 9.17. The number of nitro benzene ring substituents is 1. The number of nitro groups is 1. The SMILES string of the molecule is NCCc1nnc(-c2cc(Br)cc([N+](=O)[O-])c2)s1. The molecule has 0 saturated heterocycles. The summed E-state index contributed by atoms with van der Waals surface area (Å²) in [6.07, 6.45) is 0.660. The monoisotopic (exact) mass is 328 g/mol. The molecule has 18 heavy (non-hydrogen) atoms. The Labute approximate surface area is 115 Å². The molecule has 0 aliphatic heterocycles. The highest BCUT2D eigenvalue weighted by Gasteiger charge is 2.13. The summed E-state index contributed by atoms with van der Waals surface area (Å²) in [5.41, 5.74) is 6.14. The van der Waals surface area contributed by atoms with Gasteiger partial charge in [0.1, 0.15) is 10.0 Å². The highest BCUT2D eigenvalue weighted by molar-refractivity contribution is 9.10. The van der Waals surface area contributed by atoms with Crippen LogP contribution in [0.15, 0.2) is 22.7 Å². The second-order valence-electron chi connectivity index (χ2n) is 3.49. The highest BCUT2D eigenvalue weighted by atomic mass is 79.9. The van der Waals surface area contributed by atoms with Gasteiger partial charge in [0.05, 0.1) is 4.92 Å². The number of nitrogens with zero attached hydrogens (tertiary/aromatic N) is 3. The maximum atomic E-state index is 10.8. The first kappa shape index (κ1) is 13.1. The van der Waals surface area contributed by atoms with Crippen molar-refractivity contribution in [1.29, 1.82) is 0 Å². The number of non-ortho nitro benzene ring substituents is 1. The molecule has 1 aromatic heterocycles. The van der Waals surface area contributed by atoms with Crippen molar-refractivity contribution in [2.45, 2.75) is 6.42 Å². The summed E-state index contributed by atoms with van der Waals surface area (Å²) >= 11 is 4.64. The third kappa shape index (κ3) is 2.89. The lowest BCUT2D eigenvalue weighted by atomic mass is 10.2. The summed E-state index contributed by atoms with van der Waals surface area (Å²) in [6.45, 7) is 0.507. The van der Waals surface area contributed by atoms with E-state index in [1.807, 2.05) is 0 Å². The molecule has 0 aliphatic rings. The molecule has 1 aromatic carbocycles. The Balaban J connectivity index is 2.39. The van der Waals surface area contributed by atoms with Crippen LogP contribution in [0, 0.1) is 10.1 Å². The fourth-order valence-corrected chi connectivity index (χ4v) is 2.72. The summed E-state index contributed by atoms with van der Waals surface area (Å²) in [4.78, 5) is 10.3. The van der Waals surface area contributed by atoms with E-state index in [-0.39, 0.29) is 5.69 Å². The predicted molar refractivity (Wildman–Crippen MR) is 72.5 cm³/mol. The summed E-state index contributed by atoms with van der Waals surface area (Å²) in [5, 5.41) is 20.3. The van der Waals surface area contributed by atoms with Gasteiger partial charge in [-0.1, -0.05) is 27.3 Å². The summed E-state index contributed by atoms with van der Waals surface area (Å²) in [6, 6.07) is 4.71. The van der Waals surface area contributed by atoms with Crippen LogP contribution in [0.2, 0.25) is 0 Å². The minimum absolute atomic E-state index is 0.0231. The quantitative estimate of drug-likeness (QED) is 0.686. The largest absolute Gasteiger partial charge is 0.330 e. The lowest BCUT2D eigenvalue weighted by molar-refractivity contribution is -0.384. The molecule has 1 heterocycles. The van der Waals surface area contributed by atoms with Gasteiger partial charge in [-0.05, 0) is 12.6 Å². The van der Waals surface area contributed by atoms with Gasteiger partial charge in [-0.2, -0.15) is 0 Å². The zero-order chi connectivity index (χ0) is 13.1. The number of benzene rings is 1. The van der Waals surface area contributed by atoms with Crippen molar-refractivity contribution >= 4 is 33.0 Å². The van der Waals surface area contributed by atoms with Crippen LogP contribution in [-0.4, -0.2) is 21.7 Å².